The smallest absolute Gasteiger partial charge is 0.387 e. The summed E-state index contributed by atoms with van der Waals surface area (Å²) in [5.41, 5.74) is 6.54. The van der Waals surface area contributed by atoms with Crippen LogP contribution in [0.3, 0.4) is 0 Å². The van der Waals surface area contributed by atoms with E-state index in [-0.39, 0.29) is 23.6 Å². The number of nitrogens with one attached hydrogen (secondary N) is 1. The van der Waals surface area contributed by atoms with Gasteiger partial charge in [0.05, 0.1) is 17.3 Å². The summed E-state index contributed by atoms with van der Waals surface area (Å²) >= 11 is 0. The molecule has 4 aromatic rings. The van der Waals surface area contributed by atoms with Crippen molar-refractivity contribution in [1.82, 2.24) is 19.9 Å². The predicted octanol–water partition coefficient (Wildman–Crippen LogP) is 6.22. The highest BCUT2D eigenvalue weighted by Crippen LogP contribution is 2.51. The molecule has 0 fully saturated rings. The first-order valence-electron chi connectivity index (χ1n) is 12.4. The molecule has 184 valence electrons. The number of halogens is 2. The van der Waals surface area contributed by atoms with E-state index in [1.54, 1.807) is 16.6 Å². The number of hydrogen-bond donors (Lipinski definition) is 1. The van der Waals surface area contributed by atoms with E-state index in [9.17, 15) is 13.6 Å². The van der Waals surface area contributed by atoms with Gasteiger partial charge < -0.3 is 10.1 Å². The van der Waals surface area contributed by atoms with Gasteiger partial charge in [-0.2, -0.15) is 13.9 Å². The number of alkyl halides is 2. The summed E-state index contributed by atoms with van der Waals surface area (Å²) in [6, 6.07) is 12.7. The van der Waals surface area contributed by atoms with Gasteiger partial charge in [-0.25, -0.2) is 4.52 Å². The Bertz CT molecular complexity index is 1460. The Labute approximate surface area is 207 Å². The zero-order valence-corrected chi connectivity index (χ0v) is 20.0. The number of amides is 1. The van der Waals surface area contributed by atoms with E-state index < -0.39 is 6.61 Å². The van der Waals surface area contributed by atoms with Crippen molar-refractivity contribution in [2.24, 2.45) is 0 Å². The largest absolute Gasteiger partial charge is 0.434 e. The van der Waals surface area contributed by atoms with Gasteiger partial charge in [0.1, 0.15) is 5.75 Å². The third-order valence-corrected chi connectivity index (χ3v) is 7.56. The molecule has 0 saturated carbocycles. The molecule has 1 aliphatic heterocycles. The number of aromatic nitrogens is 3. The summed E-state index contributed by atoms with van der Waals surface area (Å²) in [6.07, 6.45) is 6.45. The molecule has 2 bridgehead atoms. The van der Waals surface area contributed by atoms with Crippen LogP contribution in [0.1, 0.15) is 83.9 Å². The van der Waals surface area contributed by atoms with Crippen LogP contribution in [0.4, 0.5) is 8.78 Å². The van der Waals surface area contributed by atoms with Crippen LogP contribution in [0.15, 0.2) is 54.9 Å². The van der Waals surface area contributed by atoms with Crippen LogP contribution in [0.2, 0.25) is 0 Å². The maximum Gasteiger partial charge on any atom is 0.387 e. The Morgan fingerprint density at radius 3 is 2.67 bits per heavy atom. The van der Waals surface area contributed by atoms with Crippen LogP contribution in [-0.2, 0) is 0 Å². The molecule has 1 aliphatic carbocycles. The summed E-state index contributed by atoms with van der Waals surface area (Å²) in [5.74, 6) is -0.114. The molecule has 0 radical (unpaired) electrons. The summed E-state index contributed by atoms with van der Waals surface area (Å²) < 4.78 is 33.1. The lowest BCUT2D eigenvalue weighted by molar-refractivity contribution is -0.0505. The number of ether oxygens (including phenoxy) is 1. The van der Waals surface area contributed by atoms with E-state index in [1.807, 2.05) is 18.5 Å². The topological polar surface area (TPSA) is 68.5 Å². The number of hydrogen-bond acceptors (Lipinski definition) is 4. The highest BCUT2D eigenvalue weighted by molar-refractivity contribution is 5.98. The number of carbonyl (C=O) groups is 1. The molecule has 4 heterocycles. The lowest BCUT2D eigenvalue weighted by Gasteiger charge is -2.19. The Hall–Kier alpha value is -3.81. The molecule has 1 aromatic carbocycles. The zero-order chi connectivity index (χ0) is 25.0. The van der Waals surface area contributed by atoms with Crippen LogP contribution >= 0.6 is 0 Å². The molecule has 8 heteroatoms. The second-order valence-corrected chi connectivity index (χ2v) is 9.44. The molecular weight excluding hydrogens is 462 g/mol. The molecule has 6 nitrogen and oxygen atoms in total. The van der Waals surface area contributed by atoms with Crippen molar-refractivity contribution < 1.29 is 18.3 Å². The summed E-state index contributed by atoms with van der Waals surface area (Å²) in [6.45, 7) is 1.37. The van der Waals surface area contributed by atoms with Gasteiger partial charge in [0.2, 0.25) is 0 Å². The second kappa shape index (κ2) is 8.69. The first-order valence-corrected chi connectivity index (χ1v) is 12.4. The van der Waals surface area contributed by atoms with Crippen LogP contribution < -0.4 is 10.1 Å². The molecule has 0 spiro atoms. The molecule has 6 rings (SSSR count). The van der Waals surface area contributed by atoms with E-state index in [1.165, 1.54) is 6.07 Å². The fourth-order valence-electron chi connectivity index (χ4n) is 5.79. The lowest BCUT2D eigenvalue weighted by Crippen LogP contribution is -2.27. The van der Waals surface area contributed by atoms with Gasteiger partial charge in [-0.15, -0.1) is 0 Å². The van der Waals surface area contributed by atoms with Crippen LogP contribution in [0.5, 0.6) is 5.75 Å². The molecule has 3 aromatic heterocycles. The number of carbonyl (C=O) groups excluding carboxylic acids is 1. The molecule has 1 N–H and O–H groups in total. The minimum atomic E-state index is -2.98. The Balaban J connectivity index is 1.47. The van der Waals surface area contributed by atoms with E-state index >= 15 is 0 Å². The van der Waals surface area contributed by atoms with Crippen molar-refractivity contribution in [3.8, 4) is 16.9 Å². The third-order valence-electron chi connectivity index (χ3n) is 7.56. The van der Waals surface area contributed by atoms with Gasteiger partial charge in [-0.05, 0) is 55.2 Å². The van der Waals surface area contributed by atoms with Gasteiger partial charge in [-0.3, -0.25) is 9.78 Å². The highest BCUT2D eigenvalue weighted by atomic mass is 19.3. The maximum atomic E-state index is 13.2. The Morgan fingerprint density at radius 2 is 1.94 bits per heavy atom. The average molecular weight is 489 g/mol. The van der Waals surface area contributed by atoms with Gasteiger partial charge >= 0.3 is 6.61 Å². The lowest BCUT2D eigenvalue weighted by atomic mass is 9.88. The predicted molar refractivity (Wildman–Crippen MR) is 131 cm³/mol. The maximum absolute atomic E-state index is 13.2. The van der Waals surface area contributed by atoms with Gasteiger partial charge in [-0.1, -0.05) is 26.0 Å². The van der Waals surface area contributed by atoms with Crippen molar-refractivity contribution in [2.75, 3.05) is 0 Å². The molecule has 0 saturated heterocycles. The van der Waals surface area contributed by atoms with E-state index in [2.05, 4.69) is 37.4 Å². The number of rotatable bonds is 6. The molecule has 2 unspecified atom stereocenters. The monoisotopic (exact) mass is 488 g/mol. The van der Waals surface area contributed by atoms with Crippen molar-refractivity contribution in [1.29, 1.82) is 0 Å². The van der Waals surface area contributed by atoms with Crippen molar-refractivity contribution >= 4 is 11.4 Å². The molecule has 36 heavy (non-hydrogen) atoms. The summed E-state index contributed by atoms with van der Waals surface area (Å²) in [7, 11) is 0. The quantitative estimate of drug-likeness (QED) is 0.350. The number of pyridine rings is 2. The van der Waals surface area contributed by atoms with Crippen molar-refractivity contribution in [3.63, 3.8) is 0 Å². The normalized spacial score (nSPS) is 18.3. The summed E-state index contributed by atoms with van der Waals surface area (Å²) in [4.78, 5) is 17.6. The summed E-state index contributed by atoms with van der Waals surface area (Å²) in [5, 5.41) is 7.80. The van der Waals surface area contributed by atoms with Gasteiger partial charge in [0.15, 0.2) is 0 Å². The SMILES string of the molecule is CCC(CC)c1ccc(-c2ccn3nc4c(c3c2)C2CC4NC(=O)c3cccc(OC(F)F)c32)cn1. The second-order valence-electron chi connectivity index (χ2n) is 9.44. The Kier molecular flexibility index (Phi) is 5.47. The van der Waals surface area contributed by atoms with Gasteiger partial charge in [0, 0.05) is 52.2 Å². The fraction of sp³-hybridized carbons (Fsp3) is 0.321. The van der Waals surface area contributed by atoms with Crippen LogP contribution in [0.25, 0.3) is 16.6 Å². The zero-order valence-electron chi connectivity index (χ0n) is 20.0. The first kappa shape index (κ1) is 22.6. The molecular formula is C28H26F2N4O2. The Morgan fingerprint density at radius 1 is 1.11 bits per heavy atom. The van der Waals surface area contributed by atoms with E-state index in [0.717, 1.165) is 46.4 Å². The van der Waals surface area contributed by atoms with Crippen molar-refractivity contribution in [3.05, 3.63) is 82.9 Å². The van der Waals surface area contributed by atoms with Crippen LogP contribution in [0, 0.1) is 0 Å². The van der Waals surface area contributed by atoms with Crippen LogP contribution in [-0.4, -0.2) is 27.1 Å². The number of benzene rings is 1. The van der Waals surface area contributed by atoms with Crippen molar-refractivity contribution in [2.45, 2.75) is 57.6 Å². The third kappa shape index (κ3) is 3.54. The molecule has 1 amide bonds. The number of fused-ring (bicyclic) bond motifs is 9. The molecule has 2 atom stereocenters. The van der Waals surface area contributed by atoms with E-state index in [4.69, 9.17) is 14.8 Å². The minimum absolute atomic E-state index is 0.0350. The number of nitrogens with zero attached hydrogens (tertiary/aromatic N) is 3. The molecule has 2 aliphatic rings. The fourth-order valence-corrected chi connectivity index (χ4v) is 5.79. The minimum Gasteiger partial charge on any atom is -0.434 e. The van der Waals surface area contributed by atoms with E-state index in [0.29, 0.717) is 23.5 Å². The first-order chi connectivity index (χ1) is 17.5. The standard InChI is InChI=1S/C28H26F2N4O2/c1-3-15(4-2)20-9-8-17(14-31-20)16-10-11-34-22(12-16)25-19-13-21(26(25)33-34)32-27(35)18-6-5-7-23(24(18)19)36-28(29)30/h5-12,14-15,19,21,28H,3-4,13H2,1-2H3,(H,32,35). The average Bonchev–Trinajstić information content (AvgIpc) is 3.37. The van der Waals surface area contributed by atoms with Gasteiger partial charge in [0.25, 0.3) is 5.91 Å². The highest BCUT2D eigenvalue weighted by Gasteiger charge is 2.43.